The van der Waals surface area contributed by atoms with Crippen LogP contribution in [-0.2, 0) is 21.5 Å². The molecule has 1 aromatic rings. The Kier molecular flexibility index (Phi) is 3.98. The predicted octanol–water partition coefficient (Wildman–Crippen LogP) is 2.97. The summed E-state index contributed by atoms with van der Waals surface area (Å²) in [6.45, 7) is 5.42. The minimum Gasteiger partial charge on any atom is -0.386 e. The van der Waals surface area contributed by atoms with Gasteiger partial charge in [-0.2, -0.15) is 0 Å². The van der Waals surface area contributed by atoms with Crippen molar-refractivity contribution >= 4 is 11.6 Å². The molecule has 1 aliphatic carbocycles. The summed E-state index contributed by atoms with van der Waals surface area (Å²) in [4.78, 5) is 16.4. The maximum absolute atomic E-state index is 14.5. The smallest absolute Gasteiger partial charge is 0.258 e. The molecule has 7 heteroatoms. The van der Waals surface area contributed by atoms with Crippen LogP contribution < -0.4 is 5.73 Å². The van der Waals surface area contributed by atoms with Crippen molar-refractivity contribution in [2.75, 3.05) is 6.61 Å². The van der Waals surface area contributed by atoms with Crippen molar-refractivity contribution in [1.82, 2.24) is 0 Å². The molecule has 2 aliphatic rings. The lowest BCUT2D eigenvalue weighted by Crippen LogP contribution is -2.52. The number of rotatable bonds is 4. The highest BCUT2D eigenvalue weighted by molar-refractivity contribution is 5.87. The third-order valence-electron chi connectivity index (χ3n) is 5.27. The van der Waals surface area contributed by atoms with Gasteiger partial charge in [0.05, 0.1) is 11.5 Å². The molecule has 0 spiro atoms. The molecule has 0 amide bonds. The molecule has 25 heavy (non-hydrogen) atoms. The number of carbonyl (C=O) groups is 1. The Balaban J connectivity index is 1.94. The summed E-state index contributed by atoms with van der Waals surface area (Å²) in [5.74, 6) is -4.91. The van der Waals surface area contributed by atoms with Gasteiger partial charge in [0.15, 0.2) is 0 Å². The van der Waals surface area contributed by atoms with E-state index in [4.69, 9.17) is 10.5 Å². The summed E-state index contributed by atoms with van der Waals surface area (Å²) < 4.78 is 46.4. The van der Waals surface area contributed by atoms with Crippen LogP contribution in [0.15, 0.2) is 23.2 Å². The number of nitrogens with zero attached hydrogens (tertiary/aromatic N) is 1. The van der Waals surface area contributed by atoms with E-state index in [0.717, 1.165) is 0 Å². The fourth-order valence-corrected chi connectivity index (χ4v) is 3.18. The van der Waals surface area contributed by atoms with E-state index in [1.165, 1.54) is 18.2 Å². The highest BCUT2D eigenvalue weighted by atomic mass is 19.3. The van der Waals surface area contributed by atoms with Gasteiger partial charge < -0.3 is 10.5 Å². The van der Waals surface area contributed by atoms with Crippen LogP contribution in [-0.4, -0.2) is 29.7 Å². The third-order valence-corrected chi connectivity index (χ3v) is 5.27. The molecular weight excluding hydrogens is 333 g/mol. The van der Waals surface area contributed by atoms with Gasteiger partial charge in [-0.15, -0.1) is 0 Å². The number of nitrogens with two attached hydrogens (primary N) is 1. The van der Waals surface area contributed by atoms with Crippen molar-refractivity contribution in [3.05, 3.63) is 35.1 Å². The van der Waals surface area contributed by atoms with Crippen molar-refractivity contribution in [1.29, 1.82) is 0 Å². The first kappa shape index (κ1) is 17.9. The molecule has 0 aromatic heterocycles. The molecule has 1 saturated carbocycles. The van der Waals surface area contributed by atoms with Gasteiger partial charge >= 0.3 is 0 Å². The molecular formula is C18H21F3N2O2. The monoisotopic (exact) mass is 354 g/mol. The van der Waals surface area contributed by atoms with E-state index < -0.39 is 41.0 Å². The Morgan fingerprint density at radius 2 is 2.00 bits per heavy atom. The van der Waals surface area contributed by atoms with Gasteiger partial charge in [-0.05, 0) is 38.5 Å². The lowest BCUT2D eigenvalue weighted by molar-refractivity contribution is -0.121. The van der Waals surface area contributed by atoms with Crippen molar-refractivity contribution in [2.24, 2.45) is 16.6 Å². The Hall–Kier alpha value is -1.89. The number of aliphatic imine (C=N–C) groups is 1. The highest BCUT2D eigenvalue weighted by Gasteiger charge is 2.60. The molecule has 2 atom stereocenters. The van der Waals surface area contributed by atoms with Crippen molar-refractivity contribution in [3.8, 4) is 0 Å². The minimum atomic E-state index is -2.90. The summed E-state index contributed by atoms with van der Waals surface area (Å²) >= 11 is 0. The number of Topliss-reactive ketones (excluding diaryl/α,β-unsaturated/α-hetero) is 1. The number of carbonyl (C=O) groups excluding carboxylic acids is 1. The summed E-state index contributed by atoms with van der Waals surface area (Å²) in [5, 5.41) is 0. The largest absolute Gasteiger partial charge is 0.386 e. The molecule has 1 aliphatic heterocycles. The SMILES string of the molecule is CC1(C)OCC(N)=N[C@]1(C)c1cc(CC(=O)C2CC2(F)F)ccc1F. The number of ketones is 1. The van der Waals surface area contributed by atoms with Crippen molar-refractivity contribution < 1.29 is 22.7 Å². The van der Waals surface area contributed by atoms with Gasteiger partial charge in [0.25, 0.3) is 5.92 Å². The second-order valence-electron chi connectivity index (χ2n) is 7.45. The first-order chi connectivity index (χ1) is 11.5. The maximum Gasteiger partial charge on any atom is 0.258 e. The predicted molar refractivity (Wildman–Crippen MR) is 87.2 cm³/mol. The zero-order chi connectivity index (χ0) is 18.6. The summed E-state index contributed by atoms with van der Waals surface area (Å²) in [6, 6.07) is 4.16. The van der Waals surface area contributed by atoms with E-state index in [1.54, 1.807) is 20.8 Å². The molecule has 1 fully saturated rings. The van der Waals surface area contributed by atoms with Crippen molar-refractivity contribution in [3.63, 3.8) is 0 Å². The van der Waals surface area contributed by atoms with Gasteiger partial charge in [0, 0.05) is 18.4 Å². The number of halogens is 3. The fraction of sp³-hybridized carbons (Fsp3) is 0.556. The fourth-order valence-electron chi connectivity index (χ4n) is 3.18. The first-order valence-corrected chi connectivity index (χ1v) is 8.14. The Bertz CT molecular complexity index is 761. The highest BCUT2D eigenvalue weighted by Crippen LogP contribution is 2.49. The molecule has 1 heterocycles. The number of hydrogen-bond acceptors (Lipinski definition) is 4. The van der Waals surface area contributed by atoms with E-state index in [1.807, 2.05) is 0 Å². The van der Waals surface area contributed by atoms with Crippen molar-refractivity contribution in [2.45, 2.75) is 50.7 Å². The van der Waals surface area contributed by atoms with E-state index in [-0.39, 0.29) is 24.4 Å². The summed E-state index contributed by atoms with van der Waals surface area (Å²) in [6.07, 6.45) is -0.566. The maximum atomic E-state index is 14.5. The van der Waals surface area contributed by atoms with E-state index in [9.17, 15) is 18.0 Å². The van der Waals surface area contributed by atoms with Crippen LogP contribution in [0, 0.1) is 11.7 Å². The molecule has 0 saturated heterocycles. The van der Waals surface area contributed by atoms with Crippen LogP contribution in [0.25, 0.3) is 0 Å². The second-order valence-corrected chi connectivity index (χ2v) is 7.45. The molecule has 3 rings (SSSR count). The summed E-state index contributed by atoms with van der Waals surface area (Å²) in [5.41, 5.74) is 4.56. The second kappa shape index (κ2) is 5.56. The third kappa shape index (κ3) is 3.05. The topological polar surface area (TPSA) is 64.7 Å². The minimum absolute atomic E-state index is 0.152. The van der Waals surface area contributed by atoms with Gasteiger partial charge in [-0.3, -0.25) is 9.79 Å². The molecule has 2 N–H and O–H groups in total. The number of alkyl halides is 2. The lowest BCUT2D eigenvalue weighted by Gasteiger charge is -2.44. The molecule has 1 unspecified atom stereocenters. The average molecular weight is 354 g/mol. The van der Waals surface area contributed by atoms with Crippen LogP contribution in [0.1, 0.15) is 38.3 Å². The molecule has 0 bridgehead atoms. The standard InChI is InChI=1S/C18H21F3N2O2/c1-16(2)17(3,23-15(22)9-25-16)11-6-10(4-5-13(11)19)7-14(24)12-8-18(12,20)21/h4-6,12H,7-9H2,1-3H3,(H2,22,23)/t12?,17-/m1/s1. The first-order valence-electron chi connectivity index (χ1n) is 8.14. The van der Waals surface area contributed by atoms with E-state index in [2.05, 4.69) is 4.99 Å². The molecule has 1 aromatic carbocycles. The van der Waals surface area contributed by atoms with Gasteiger partial charge in [-0.25, -0.2) is 13.2 Å². The van der Waals surface area contributed by atoms with Gasteiger partial charge in [0.2, 0.25) is 0 Å². The summed E-state index contributed by atoms with van der Waals surface area (Å²) in [7, 11) is 0. The number of hydrogen-bond donors (Lipinski definition) is 1. The van der Waals surface area contributed by atoms with E-state index in [0.29, 0.717) is 5.56 Å². The molecule has 136 valence electrons. The molecule has 0 radical (unpaired) electrons. The Labute approximate surface area is 144 Å². The number of amidine groups is 1. The number of benzene rings is 1. The van der Waals surface area contributed by atoms with Crippen LogP contribution >= 0.6 is 0 Å². The Morgan fingerprint density at radius 3 is 2.60 bits per heavy atom. The zero-order valence-electron chi connectivity index (χ0n) is 14.4. The zero-order valence-corrected chi connectivity index (χ0v) is 14.4. The quantitative estimate of drug-likeness (QED) is 0.904. The van der Waals surface area contributed by atoms with Gasteiger partial charge in [0.1, 0.15) is 29.6 Å². The van der Waals surface area contributed by atoms with Crippen LogP contribution in [0.3, 0.4) is 0 Å². The van der Waals surface area contributed by atoms with Crippen LogP contribution in [0.2, 0.25) is 0 Å². The van der Waals surface area contributed by atoms with Crippen LogP contribution in [0.4, 0.5) is 13.2 Å². The normalized spacial score (nSPS) is 29.8. The molecule has 4 nitrogen and oxygen atoms in total. The Morgan fingerprint density at radius 1 is 1.36 bits per heavy atom. The number of ether oxygens (including phenoxy) is 1. The average Bonchev–Trinajstić information content (AvgIpc) is 3.14. The van der Waals surface area contributed by atoms with E-state index >= 15 is 0 Å². The van der Waals surface area contributed by atoms with Crippen LogP contribution in [0.5, 0.6) is 0 Å². The lowest BCUT2D eigenvalue weighted by atomic mass is 9.76. The van der Waals surface area contributed by atoms with Gasteiger partial charge in [-0.1, -0.05) is 6.07 Å².